The smallest absolute Gasteiger partial charge is 0.337 e. The molecular weight excluding hydrogens is 408 g/mol. The molecule has 7 heteroatoms. The van der Waals surface area contributed by atoms with E-state index in [9.17, 15) is 9.59 Å². The maximum atomic E-state index is 12.2. The molecule has 166 valence electrons. The minimum atomic E-state index is -0.694. The van der Waals surface area contributed by atoms with Crippen LogP contribution in [-0.2, 0) is 27.7 Å². The Morgan fingerprint density at radius 3 is 1.88 bits per heavy atom. The lowest BCUT2D eigenvalue weighted by molar-refractivity contribution is 0.0591. The highest BCUT2D eigenvalue weighted by Crippen LogP contribution is 2.47. The van der Waals surface area contributed by atoms with Crippen LogP contribution in [0.2, 0.25) is 0 Å². The van der Waals surface area contributed by atoms with E-state index in [4.69, 9.17) is 13.9 Å². The summed E-state index contributed by atoms with van der Waals surface area (Å²) in [5.41, 5.74) is 4.40. The van der Waals surface area contributed by atoms with Gasteiger partial charge in [0.2, 0.25) is 11.8 Å². The number of carbonyl (C=O) groups is 2. The predicted molar refractivity (Wildman–Crippen MR) is 117 cm³/mol. The SMILES string of the molecule is CCCC1(c2nnc(C)o2)c2ccc(C(=O)OC)cc2CCc2cc(C(=O)OC)ccc21. The second-order valence-corrected chi connectivity index (χ2v) is 8.01. The van der Waals surface area contributed by atoms with Crippen molar-refractivity contribution in [1.82, 2.24) is 10.2 Å². The molecule has 1 aliphatic carbocycles. The Balaban J connectivity index is 2.02. The van der Waals surface area contributed by atoms with Gasteiger partial charge in [0, 0.05) is 6.92 Å². The third-order valence-electron chi connectivity index (χ3n) is 6.15. The number of methoxy groups -OCH3 is 2. The second kappa shape index (κ2) is 8.57. The van der Waals surface area contributed by atoms with Gasteiger partial charge in [0.15, 0.2) is 0 Å². The highest BCUT2D eigenvalue weighted by atomic mass is 16.5. The maximum absolute atomic E-state index is 12.2. The van der Waals surface area contributed by atoms with Gasteiger partial charge in [-0.1, -0.05) is 25.5 Å². The van der Waals surface area contributed by atoms with Gasteiger partial charge in [0.25, 0.3) is 0 Å². The largest absolute Gasteiger partial charge is 0.465 e. The Hall–Kier alpha value is -3.48. The number of fused-ring (bicyclic) bond motifs is 2. The van der Waals surface area contributed by atoms with Crippen molar-refractivity contribution in [2.45, 2.75) is 44.9 Å². The van der Waals surface area contributed by atoms with Gasteiger partial charge in [0.1, 0.15) is 0 Å². The summed E-state index contributed by atoms with van der Waals surface area (Å²) in [6.45, 7) is 3.89. The molecule has 4 rings (SSSR count). The van der Waals surface area contributed by atoms with Crippen molar-refractivity contribution in [3.05, 3.63) is 81.6 Å². The summed E-state index contributed by atoms with van der Waals surface area (Å²) in [6, 6.07) is 11.3. The van der Waals surface area contributed by atoms with Gasteiger partial charge in [-0.15, -0.1) is 10.2 Å². The number of aromatic nitrogens is 2. The Morgan fingerprint density at radius 1 is 0.938 bits per heavy atom. The number of nitrogens with zero attached hydrogens (tertiary/aromatic N) is 2. The number of hydrogen-bond acceptors (Lipinski definition) is 7. The summed E-state index contributed by atoms with van der Waals surface area (Å²) in [4.78, 5) is 24.4. The van der Waals surface area contributed by atoms with Crippen molar-refractivity contribution < 1.29 is 23.5 Å². The summed E-state index contributed by atoms with van der Waals surface area (Å²) in [6.07, 6.45) is 2.97. The van der Waals surface area contributed by atoms with Gasteiger partial charge in [-0.25, -0.2) is 9.59 Å². The lowest BCUT2D eigenvalue weighted by atomic mass is 9.69. The van der Waals surface area contributed by atoms with Crippen molar-refractivity contribution in [2.24, 2.45) is 0 Å². The molecule has 0 saturated carbocycles. The fourth-order valence-electron chi connectivity index (χ4n) is 4.79. The van der Waals surface area contributed by atoms with E-state index >= 15 is 0 Å². The molecular formula is C25H26N2O5. The van der Waals surface area contributed by atoms with Crippen LogP contribution in [0.1, 0.15) is 74.5 Å². The lowest BCUT2D eigenvalue weighted by Gasteiger charge is -2.33. The van der Waals surface area contributed by atoms with Crippen molar-refractivity contribution in [2.75, 3.05) is 14.2 Å². The van der Waals surface area contributed by atoms with Crippen molar-refractivity contribution in [1.29, 1.82) is 0 Å². The lowest BCUT2D eigenvalue weighted by Crippen LogP contribution is -2.31. The zero-order valence-electron chi connectivity index (χ0n) is 18.7. The van der Waals surface area contributed by atoms with E-state index in [2.05, 4.69) is 17.1 Å². The molecule has 0 spiro atoms. The number of aryl methyl sites for hydroxylation is 3. The fourth-order valence-corrected chi connectivity index (χ4v) is 4.79. The van der Waals surface area contributed by atoms with E-state index < -0.39 is 5.41 Å². The van der Waals surface area contributed by atoms with E-state index in [1.807, 2.05) is 24.3 Å². The average molecular weight is 434 g/mol. The average Bonchev–Trinajstić information content (AvgIpc) is 3.21. The first kappa shape index (κ1) is 21.7. The van der Waals surface area contributed by atoms with E-state index in [1.54, 1.807) is 19.1 Å². The van der Waals surface area contributed by atoms with Crippen LogP contribution in [0.3, 0.4) is 0 Å². The number of hydrogen-bond donors (Lipinski definition) is 0. The van der Waals surface area contributed by atoms with Crippen LogP contribution in [0.5, 0.6) is 0 Å². The van der Waals surface area contributed by atoms with Crippen molar-refractivity contribution in [3.63, 3.8) is 0 Å². The molecule has 0 N–H and O–H groups in total. The highest BCUT2D eigenvalue weighted by Gasteiger charge is 2.45. The summed E-state index contributed by atoms with van der Waals surface area (Å²) in [7, 11) is 2.75. The third-order valence-corrected chi connectivity index (χ3v) is 6.15. The molecule has 0 aliphatic heterocycles. The molecule has 0 fully saturated rings. The Bertz CT molecular complexity index is 1110. The topological polar surface area (TPSA) is 91.5 Å². The summed E-state index contributed by atoms with van der Waals surface area (Å²) < 4.78 is 15.9. The van der Waals surface area contributed by atoms with E-state index in [0.717, 1.165) is 35.1 Å². The molecule has 3 aromatic rings. The standard InChI is InChI=1S/C25H26N2O5/c1-5-12-25(24-27-26-15(2)32-24)20-10-8-18(22(28)30-3)13-16(20)6-7-17-14-19(23(29)31-4)9-11-21(17)25/h8-11,13-14H,5-7,12H2,1-4H3. The third kappa shape index (κ3) is 3.47. The Labute approximate surface area is 186 Å². The molecule has 0 radical (unpaired) electrons. The van der Waals surface area contributed by atoms with Crippen LogP contribution in [0, 0.1) is 6.92 Å². The molecule has 0 bridgehead atoms. The number of rotatable bonds is 5. The molecule has 0 amide bonds. The predicted octanol–water partition coefficient (Wildman–Crippen LogP) is 4.18. The van der Waals surface area contributed by atoms with E-state index in [1.165, 1.54) is 14.2 Å². The van der Waals surface area contributed by atoms with Gasteiger partial charge >= 0.3 is 11.9 Å². The number of ether oxygens (including phenoxy) is 2. The summed E-state index contributed by atoms with van der Waals surface area (Å²) >= 11 is 0. The summed E-state index contributed by atoms with van der Waals surface area (Å²) in [5.74, 6) is 0.243. The van der Waals surface area contributed by atoms with Gasteiger partial charge in [-0.2, -0.15) is 0 Å². The summed E-state index contributed by atoms with van der Waals surface area (Å²) in [5, 5.41) is 8.57. The molecule has 1 heterocycles. The molecule has 2 aromatic carbocycles. The molecule has 7 nitrogen and oxygen atoms in total. The van der Waals surface area contributed by atoms with Crippen LogP contribution < -0.4 is 0 Å². The van der Waals surface area contributed by atoms with Crippen molar-refractivity contribution >= 4 is 11.9 Å². The van der Waals surface area contributed by atoms with Crippen molar-refractivity contribution in [3.8, 4) is 0 Å². The van der Waals surface area contributed by atoms with Crippen LogP contribution in [0.4, 0.5) is 0 Å². The number of benzene rings is 2. The van der Waals surface area contributed by atoms with Crippen LogP contribution >= 0.6 is 0 Å². The maximum Gasteiger partial charge on any atom is 0.337 e. The molecule has 1 aliphatic rings. The van der Waals surface area contributed by atoms with Crippen LogP contribution in [0.15, 0.2) is 40.8 Å². The molecule has 0 saturated heterocycles. The minimum Gasteiger partial charge on any atom is -0.465 e. The Morgan fingerprint density at radius 2 is 1.47 bits per heavy atom. The van der Waals surface area contributed by atoms with Gasteiger partial charge < -0.3 is 13.9 Å². The minimum absolute atomic E-state index is 0.378. The number of carbonyl (C=O) groups excluding carboxylic acids is 2. The fraction of sp³-hybridized carbons (Fsp3) is 0.360. The zero-order chi connectivity index (χ0) is 22.9. The van der Waals surface area contributed by atoms with Gasteiger partial charge in [0.05, 0.1) is 30.8 Å². The van der Waals surface area contributed by atoms with E-state index in [0.29, 0.717) is 35.7 Å². The van der Waals surface area contributed by atoms with E-state index in [-0.39, 0.29) is 11.9 Å². The quantitative estimate of drug-likeness (QED) is 0.556. The molecule has 32 heavy (non-hydrogen) atoms. The zero-order valence-corrected chi connectivity index (χ0v) is 18.7. The molecule has 0 unspecified atom stereocenters. The second-order valence-electron chi connectivity index (χ2n) is 8.01. The van der Waals surface area contributed by atoms with Crippen LogP contribution in [0.25, 0.3) is 0 Å². The van der Waals surface area contributed by atoms with Crippen LogP contribution in [-0.4, -0.2) is 36.4 Å². The molecule has 1 aromatic heterocycles. The normalized spacial score (nSPS) is 14.1. The van der Waals surface area contributed by atoms with Gasteiger partial charge in [-0.05, 0) is 65.8 Å². The molecule has 0 atom stereocenters. The Kier molecular flexibility index (Phi) is 5.82. The van der Waals surface area contributed by atoms with Gasteiger partial charge in [-0.3, -0.25) is 0 Å². The number of esters is 2. The first-order valence-corrected chi connectivity index (χ1v) is 10.7. The first-order valence-electron chi connectivity index (χ1n) is 10.7. The first-order chi connectivity index (χ1) is 15.4. The monoisotopic (exact) mass is 434 g/mol. The highest BCUT2D eigenvalue weighted by molar-refractivity contribution is 5.90.